The molecule has 5 heteroatoms. The average Bonchev–Trinajstić information content (AvgIpc) is 2.47. The van der Waals surface area contributed by atoms with Crippen molar-refractivity contribution in [3.8, 4) is 0 Å². The van der Waals surface area contributed by atoms with Crippen molar-refractivity contribution in [2.24, 2.45) is 0 Å². The lowest BCUT2D eigenvalue weighted by molar-refractivity contribution is 0.372. The van der Waals surface area contributed by atoms with Crippen LogP contribution in [0.2, 0.25) is 0 Å². The van der Waals surface area contributed by atoms with E-state index in [0.717, 1.165) is 31.0 Å². The molecule has 0 aliphatic carbocycles. The van der Waals surface area contributed by atoms with E-state index in [0.29, 0.717) is 6.54 Å². The zero-order chi connectivity index (χ0) is 9.90. The molecule has 1 fully saturated rings. The zero-order valence-corrected chi connectivity index (χ0v) is 10.3. The van der Waals surface area contributed by atoms with Crippen LogP contribution in [0.25, 0.3) is 0 Å². The molecule has 1 atom stereocenters. The summed E-state index contributed by atoms with van der Waals surface area (Å²) in [6.07, 6.45) is 5.38. The molecule has 0 radical (unpaired) electrons. The molecular weight excluding hydrogens is 254 g/mol. The van der Waals surface area contributed by atoms with Crippen molar-refractivity contribution in [3.05, 3.63) is 0 Å². The lowest BCUT2D eigenvalue weighted by Gasteiger charge is -2.21. The van der Waals surface area contributed by atoms with E-state index in [1.807, 2.05) is 0 Å². The monoisotopic (exact) mass is 269 g/mol. The quantitative estimate of drug-likeness (QED) is 0.727. The van der Waals surface area contributed by atoms with E-state index in [9.17, 15) is 8.42 Å². The van der Waals surface area contributed by atoms with E-state index in [2.05, 4.69) is 15.9 Å². The molecule has 0 spiro atoms. The van der Waals surface area contributed by atoms with Crippen LogP contribution in [-0.2, 0) is 10.0 Å². The van der Waals surface area contributed by atoms with Crippen LogP contribution in [0.1, 0.15) is 25.7 Å². The first kappa shape index (κ1) is 11.5. The molecule has 0 aromatic carbocycles. The second-order valence-corrected chi connectivity index (χ2v) is 6.23. The molecule has 1 aliphatic rings. The molecule has 1 saturated heterocycles. The van der Waals surface area contributed by atoms with E-state index in [-0.39, 0.29) is 6.04 Å². The third-order valence-electron chi connectivity index (χ3n) is 2.42. The fraction of sp³-hybridized carbons (Fsp3) is 1.00. The molecule has 0 bridgehead atoms. The summed E-state index contributed by atoms with van der Waals surface area (Å²) in [6, 6.07) is 0.257. The van der Waals surface area contributed by atoms with Crippen molar-refractivity contribution in [3.63, 3.8) is 0 Å². The third kappa shape index (κ3) is 3.22. The van der Waals surface area contributed by atoms with Gasteiger partial charge < -0.3 is 0 Å². The van der Waals surface area contributed by atoms with Crippen LogP contribution < -0.4 is 0 Å². The molecule has 3 nitrogen and oxygen atoms in total. The second-order valence-electron chi connectivity index (χ2n) is 3.50. The first-order valence-electron chi connectivity index (χ1n) is 4.58. The van der Waals surface area contributed by atoms with E-state index < -0.39 is 10.0 Å². The Balaban J connectivity index is 2.54. The van der Waals surface area contributed by atoms with Gasteiger partial charge in [0, 0.05) is 17.9 Å². The highest BCUT2D eigenvalue weighted by atomic mass is 79.9. The van der Waals surface area contributed by atoms with E-state index >= 15 is 0 Å². The van der Waals surface area contributed by atoms with Crippen LogP contribution in [0.3, 0.4) is 0 Å². The average molecular weight is 270 g/mol. The Bertz CT molecular complexity index is 253. The van der Waals surface area contributed by atoms with Gasteiger partial charge in [0.15, 0.2) is 0 Å². The Morgan fingerprint density at radius 3 is 2.77 bits per heavy atom. The predicted octanol–water partition coefficient (Wildman–Crippen LogP) is 1.59. The minimum atomic E-state index is -2.96. The number of sulfonamides is 1. The van der Waals surface area contributed by atoms with Gasteiger partial charge in [-0.25, -0.2) is 8.42 Å². The predicted molar refractivity (Wildman–Crippen MR) is 57.6 cm³/mol. The molecule has 0 amide bonds. The van der Waals surface area contributed by atoms with Gasteiger partial charge in [-0.3, -0.25) is 0 Å². The van der Waals surface area contributed by atoms with Gasteiger partial charge >= 0.3 is 0 Å². The van der Waals surface area contributed by atoms with E-state index in [4.69, 9.17) is 0 Å². The Hall–Kier alpha value is 0.390. The Kier molecular flexibility index (Phi) is 4.19. The lowest BCUT2D eigenvalue weighted by atomic mass is 10.1. The molecule has 0 aromatic heterocycles. The smallest absolute Gasteiger partial charge is 0.211 e. The van der Waals surface area contributed by atoms with Crippen LogP contribution in [0.15, 0.2) is 0 Å². The zero-order valence-electron chi connectivity index (χ0n) is 7.87. The minimum absolute atomic E-state index is 0.257. The molecule has 78 valence electrons. The molecular formula is C8H16BrNO2S. The van der Waals surface area contributed by atoms with Gasteiger partial charge in [-0.05, 0) is 25.7 Å². The minimum Gasteiger partial charge on any atom is -0.212 e. The van der Waals surface area contributed by atoms with Crippen molar-refractivity contribution in [2.45, 2.75) is 31.7 Å². The van der Waals surface area contributed by atoms with Crippen molar-refractivity contribution >= 4 is 26.0 Å². The summed E-state index contributed by atoms with van der Waals surface area (Å²) in [5, 5.41) is 0.959. The topological polar surface area (TPSA) is 37.4 Å². The second kappa shape index (κ2) is 4.75. The summed E-state index contributed by atoms with van der Waals surface area (Å²) < 4.78 is 24.3. The number of hydrogen-bond acceptors (Lipinski definition) is 2. The first-order chi connectivity index (χ1) is 6.05. The van der Waals surface area contributed by atoms with Gasteiger partial charge in [0.05, 0.1) is 6.26 Å². The van der Waals surface area contributed by atoms with Gasteiger partial charge in [-0.15, -0.1) is 0 Å². The number of rotatable bonds is 4. The fourth-order valence-corrected chi connectivity index (χ4v) is 3.38. The summed E-state index contributed by atoms with van der Waals surface area (Å²) in [7, 11) is -2.96. The maximum Gasteiger partial charge on any atom is 0.211 e. The fourth-order valence-electron chi connectivity index (χ4n) is 1.85. The SMILES string of the molecule is CS(=O)(=O)N1CCCC1CCCBr. The summed E-state index contributed by atoms with van der Waals surface area (Å²) in [4.78, 5) is 0. The molecule has 0 saturated carbocycles. The van der Waals surface area contributed by atoms with Gasteiger partial charge in [-0.2, -0.15) is 4.31 Å². The molecule has 1 unspecified atom stereocenters. The number of alkyl halides is 1. The largest absolute Gasteiger partial charge is 0.212 e. The third-order valence-corrected chi connectivity index (χ3v) is 4.31. The van der Waals surface area contributed by atoms with Crippen LogP contribution >= 0.6 is 15.9 Å². The molecule has 1 rings (SSSR count). The standard InChI is InChI=1S/C8H16BrNO2S/c1-13(11,12)10-7-3-5-8(10)4-2-6-9/h8H,2-7H2,1H3. The van der Waals surface area contributed by atoms with Crippen molar-refractivity contribution in [2.75, 3.05) is 18.1 Å². The van der Waals surface area contributed by atoms with Crippen LogP contribution in [0.4, 0.5) is 0 Å². The summed E-state index contributed by atoms with van der Waals surface area (Å²) >= 11 is 3.36. The Morgan fingerprint density at radius 1 is 1.54 bits per heavy atom. The van der Waals surface area contributed by atoms with E-state index in [1.165, 1.54) is 6.26 Å². The lowest BCUT2D eigenvalue weighted by Crippen LogP contribution is -2.34. The number of nitrogens with zero attached hydrogens (tertiary/aromatic N) is 1. The Labute approximate surface area is 88.7 Å². The van der Waals surface area contributed by atoms with Crippen molar-refractivity contribution in [1.29, 1.82) is 0 Å². The maximum atomic E-state index is 11.3. The molecule has 13 heavy (non-hydrogen) atoms. The summed E-state index contributed by atoms with van der Waals surface area (Å²) in [5.74, 6) is 0. The van der Waals surface area contributed by atoms with Crippen LogP contribution in [0, 0.1) is 0 Å². The van der Waals surface area contributed by atoms with Gasteiger partial charge in [0.25, 0.3) is 0 Å². The number of hydrogen-bond donors (Lipinski definition) is 0. The summed E-state index contributed by atoms with van der Waals surface area (Å²) in [6.45, 7) is 0.714. The first-order valence-corrected chi connectivity index (χ1v) is 7.55. The van der Waals surface area contributed by atoms with E-state index in [1.54, 1.807) is 4.31 Å². The number of halogens is 1. The Morgan fingerprint density at radius 2 is 2.23 bits per heavy atom. The van der Waals surface area contributed by atoms with Crippen LogP contribution in [-0.4, -0.2) is 36.9 Å². The maximum absolute atomic E-state index is 11.3. The van der Waals surface area contributed by atoms with Gasteiger partial charge in [0.1, 0.15) is 0 Å². The highest BCUT2D eigenvalue weighted by molar-refractivity contribution is 9.09. The van der Waals surface area contributed by atoms with Crippen LogP contribution in [0.5, 0.6) is 0 Å². The molecule has 1 heterocycles. The van der Waals surface area contributed by atoms with Gasteiger partial charge in [-0.1, -0.05) is 15.9 Å². The highest BCUT2D eigenvalue weighted by Crippen LogP contribution is 2.23. The van der Waals surface area contributed by atoms with Crippen molar-refractivity contribution in [1.82, 2.24) is 4.31 Å². The molecule has 1 aliphatic heterocycles. The molecule has 0 N–H and O–H groups in total. The normalized spacial score (nSPS) is 25.2. The van der Waals surface area contributed by atoms with Gasteiger partial charge in [0.2, 0.25) is 10.0 Å². The van der Waals surface area contributed by atoms with Crippen molar-refractivity contribution < 1.29 is 8.42 Å². The molecule has 0 aromatic rings. The highest BCUT2D eigenvalue weighted by Gasteiger charge is 2.30. The summed E-state index contributed by atoms with van der Waals surface area (Å²) in [5.41, 5.74) is 0.